The fourth-order valence-electron chi connectivity index (χ4n) is 2.16. The number of rotatable bonds is 4. The maximum absolute atomic E-state index is 11.8. The summed E-state index contributed by atoms with van der Waals surface area (Å²) in [5.41, 5.74) is 2.16. The van der Waals surface area contributed by atoms with E-state index in [-0.39, 0.29) is 11.8 Å². The third-order valence-corrected chi connectivity index (χ3v) is 3.38. The van der Waals surface area contributed by atoms with Crippen LogP contribution in [-0.2, 0) is 21.4 Å². The molecule has 0 fully saturated rings. The fourth-order valence-corrected chi connectivity index (χ4v) is 2.16. The van der Waals surface area contributed by atoms with Crippen LogP contribution in [0.5, 0.6) is 0 Å². The molecular formula is C15H18N2O2. The van der Waals surface area contributed by atoms with E-state index in [4.69, 9.17) is 0 Å². The Bertz CT molecular complexity index is 547. The summed E-state index contributed by atoms with van der Waals surface area (Å²) in [6.07, 6.45) is 1.96. The minimum Gasteiger partial charge on any atom is -0.352 e. The zero-order valence-corrected chi connectivity index (χ0v) is 11.2. The predicted octanol–water partition coefficient (Wildman–Crippen LogP) is 1.76. The molecule has 2 N–H and O–H groups in total. The van der Waals surface area contributed by atoms with Gasteiger partial charge in [0.15, 0.2) is 0 Å². The minimum absolute atomic E-state index is 0.00393. The van der Waals surface area contributed by atoms with Gasteiger partial charge in [-0.1, -0.05) is 18.2 Å². The van der Waals surface area contributed by atoms with Crippen molar-refractivity contribution in [3.8, 4) is 0 Å². The third kappa shape index (κ3) is 2.52. The number of nitrogens with one attached hydrogen (secondary N) is 2. The van der Waals surface area contributed by atoms with Crippen LogP contribution in [0.4, 0.5) is 5.69 Å². The summed E-state index contributed by atoms with van der Waals surface area (Å²) in [6.45, 7) is 7.79. The summed E-state index contributed by atoms with van der Waals surface area (Å²) in [5.74, 6) is -0.0503. The highest BCUT2D eigenvalue weighted by Crippen LogP contribution is 2.37. The number of hydrogen-bond acceptors (Lipinski definition) is 2. The molecule has 2 rings (SSSR count). The average molecular weight is 258 g/mol. The van der Waals surface area contributed by atoms with Crippen molar-refractivity contribution in [1.82, 2.24) is 5.32 Å². The van der Waals surface area contributed by atoms with Crippen molar-refractivity contribution in [2.45, 2.75) is 25.7 Å². The molecule has 100 valence electrons. The van der Waals surface area contributed by atoms with Gasteiger partial charge in [0.1, 0.15) is 0 Å². The summed E-state index contributed by atoms with van der Waals surface area (Å²) < 4.78 is 0. The van der Waals surface area contributed by atoms with Gasteiger partial charge in [-0.05, 0) is 31.0 Å². The molecule has 1 aromatic rings. The van der Waals surface area contributed by atoms with Gasteiger partial charge in [-0.15, -0.1) is 6.58 Å². The van der Waals surface area contributed by atoms with Crippen LogP contribution in [0.15, 0.2) is 30.9 Å². The van der Waals surface area contributed by atoms with E-state index in [1.54, 1.807) is 6.08 Å². The highest BCUT2D eigenvalue weighted by Gasteiger charge is 2.38. The molecule has 2 amide bonds. The Balaban J connectivity index is 2.19. The molecule has 0 saturated carbocycles. The molecule has 1 aliphatic rings. The van der Waals surface area contributed by atoms with E-state index in [1.807, 2.05) is 32.0 Å². The Kier molecular flexibility index (Phi) is 3.42. The number of hydrogen-bond donors (Lipinski definition) is 2. The van der Waals surface area contributed by atoms with Gasteiger partial charge in [0.2, 0.25) is 11.8 Å². The predicted molar refractivity (Wildman–Crippen MR) is 75.0 cm³/mol. The maximum atomic E-state index is 11.8. The lowest BCUT2D eigenvalue weighted by Crippen LogP contribution is -2.27. The molecule has 19 heavy (non-hydrogen) atoms. The lowest BCUT2D eigenvalue weighted by molar-refractivity contribution is -0.120. The Morgan fingerprint density at radius 1 is 1.47 bits per heavy atom. The van der Waals surface area contributed by atoms with Crippen molar-refractivity contribution >= 4 is 17.5 Å². The molecule has 0 unspecified atom stereocenters. The standard InChI is InChI=1S/C15H18N2O2/c1-4-7-16-13(18)9-10-5-6-12-11(8-10)15(2,3)14(19)17-12/h4-6,8H,1,7,9H2,2-3H3,(H,16,18)(H,17,19). The third-order valence-electron chi connectivity index (χ3n) is 3.38. The van der Waals surface area contributed by atoms with Crippen LogP contribution < -0.4 is 10.6 Å². The second kappa shape index (κ2) is 4.88. The average Bonchev–Trinajstić information content (AvgIpc) is 2.59. The number of benzene rings is 1. The van der Waals surface area contributed by atoms with Crippen molar-refractivity contribution in [3.63, 3.8) is 0 Å². The largest absolute Gasteiger partial charge is 0.352 e. The van der Waals surface area contributed by atoms with E-state index in [0.717, 1.165) is 16.8 Å². The topological polar surface area (TPSA) is 58.2 Å². The Morgan fingerprint density at radius 2 is 2.21 bits per heavy atom. The Labute approximate surface area is 112 Å². The highest BCUT2D eigenvalue weighted by molar-refractivity contribution is 6.05. The molecule has 0 atom stereocenters. The molecule has 0 saturated heterocycles. The number of carbonyl (C=O) groups excluding carboxylic acids is 2. The first-order valence-corrected chi connectivity index (χ1v) is 6.27. The number of fused-ring (bicyclic) bond motifs is 1. The van der Waals surface area contributed by atoms with Crippen LogP contribution >= 0.6 is 0 Å². The first-order chi connectivity index (χ1) is 8.95. The SMILES string of the molecule is C=CCNC(=O)Cc1ccc2c(c1)C(C)(C)C(=O)N2. The van der Waals surface area contributed by atoms with Crippen molar-refractivity contribution in [1.29, 1.82) is 0 Å². The van der Waals surface area contributed by atoms with E-state index < -0.39 is 5.41 Å². The second-order valence-corrected chi connectivity index (χ2v) is 5.23. The highest BCUT2D eigenvalue weighted by atomic mass is 16.2. The minimum atomic E-state index is -0.539. The van der Waals surface area contributed by atoms with Crippen LogP contribution in [0.2, 0.25) is 0 Å². The van der Waals surface area contributed by atoms with Gasteiger partial charge >= 0.3 is 0 Å². The van der Waals surface area contributed by atoms with Crippen molar-refractivity contribution < 1.29 is 9.59 Å². The normalized spacial score (nSPS) is 15.6. The van der Waals surface area contributed by atoms with E-state index in [9.17, 15) is 9.59 Å². The van der Waals surface area contributed by atoms with Crippen LogP contribution in [0, 0.1) is 0 Å². The summed E-state index contributed by atoms with van der Waals surface area (Å²) in [5, 5.41) is 5.59. The zero-order chi connectivity index (χ0) is 14.0. The number of anilines is 1. The molecule has 0 aromatic heterocycles. The summed E-state index contributed by atoms with van der Waals surface area (Å²) in [4.78, 5) is 23.5. The Hall–Kier alpha value is -2.10. The van der Waals surface area contributed by atoms with Crippen molar-refractivity contribution in [3.05, 3.63) is 42.0 Å². The Morgan fingerprint density at radius 3 is 2.89 bits per heavy atom. The maximum Gasteiger partial charge on any atom is 0.234 e. The van der Waals surface area contributed by atoms with Crippen molar-refractivity contribution in [2.75, 3.05) is 11.9 Å². The van der Waals surface area contributed by atoms with Crippen LogP contribution in [0.1, 0.15) is 25.0 Å². The molecule has 1 heterocycles. The van der Waals surface area contributed by atoms with Gasteiger partial charge in [-0.25, -0.2) is 0 Å². The van der Waals surface area contributed by atoms with Crippen LogP contribution in [0.25, 0.3) is 0 Å². The molecule has 0 bridgehead atoms. The quantitative estimate of drug-likeness (QED) is 0.808. The van der Waals surface area contributed by atoms with E-state index in [2.05, 4.69) is 17.2 Å². The lowest BCUT2D eigenvalue weighted by atomic mass is 9.85. The van der Waals surface area contributed by atoms with Gasteiger partial charge in [0, 0.05) is 12.2 Å². The monoisotopic (exact) mass is 258 g/mol. The van der Waals surface area contributed by atoms with Crippen LogP contribution in [-0.4, -0.2) is 18.4 Å². The van der Waals surface area contributed by atoms with Gasteiger partial charge < -0.3 is 10.6 Å². The number of carbonyl (C=O) groups is 2. The van der Waals surface area contributed by atoms with E-state index in [0.29, 0.717) is 13.0 Å². The van der Waals surface area contributed by atoms with Gasteiger partial charge in [0.05, 0.1) is 11.8 Å². The molecule has 4 heteroatoms. The van der Waals surface area contributed by atoms with E-state index >= 15 is 0 Å². The van der Waals surface area contributed by atoms with Gasteiger partial charge in [0.25, 0.3) is 0 Å². The zero-order valence-electron chi connectivity index (χ0n) is 11.2. The molecule has 0 aliphatic carbocycles. The first kappa shape index (κ1) is 13.3. The summed E-state index contributed by atoms with van der Waals surface area (Å²) in [6, 6.07) is 5.66. The smallest absolute Gasteiger partial charge is 0.234 e. The molecule has 1 aromatic carbocycles. The molecular weight excluding hydrogens is 240 g/mol. The van der Waals surface area contributed by atoms with Crippen LogP contribution in [0.3, 0.4) is 0 Å². The first-order valence-electron chi connectivity index (χ1n) is 6.27. The van der Waals surface area contributed by atoms with E-state index in [1.165, 1.54) is 0 Å². The molecule has 1 aliphatic heterocycles. The van der Waals surface area contributed by atoms with Gasteiger partial charge in [-0.3, -0.25) is 9.59 Å². The molecule has 4 nitrogen and oxygen atoms in total. The summed E-state index contributed by atoms with van der Waals surface area (Å²) >= 11 is 0. The lowest BCUT2D eigenvalue weighted by Gasteiger charge is -2.15. The van der Waals surface area contributed by atoms with Gasteiger partial charge in [-0.2, -0.15) is 0 Å². The summed E-state index contributed by atoms with van der Waals surface area (Å²) in [7, 11) is 0. The van der Waals surface area contributed by atoms with Crippen molar-refractivity contribution in [2.24, 2.45) is 0 Å². The molecule has 0 spiro atoms. The second-order valence-electron chi connectivity index (χ2n) is 5.23. The fraction of sp³-hybridized carbons (Fsp3) is 0.333. The number of amides is 2. The molecule has 0 radical (unpaired) electrons.